The Hall–Kier alpha value is -1.85. The molecule has 1 N–H and O–H groups in total. The number of amides is 1. The maximum Gasteiger partial charge on any atom is 0.222 e. The van der Waals surface area contributed by atoms with Crippen molar-refractivity contribution in [3.05, 3.63) is 48.3 Å². The lowest BCUT2D eigenvalue weighted by molar-refractivity contribution is -0.129. The molecule has 0 atom stereocenters. The first-order chi connectivity index (χ1) is 10.2. The van der Waals surface area contributed by atoms with Crippen molar-refractivity contribution < 1.29 is 4.79 Å². The molecule has 5 nitrogen and oxygen atoms in total. The van der Waals surface area contributed by atoms with E-state index in [2.05, 4.69) is 10.4 Å². The molecular weight excluding hydrogens is 300 g/mol. The van der Waals surface area contributed by atoms with Crippen LogP contribution in [0.1, 0.15) is 12.0 Å². The van der Waals surface area contributed by atoms with E-state index in [4.69, 9.17) is 0 Å². The number of likely N-dealkylation sites (N-methyl/N-ethyl adjacent to an activating group) is 2. The van der Waals surface area contributed by atoms with Crippen molar-refractivity contribution in [2.24, 2.45) is 0 Å². The van der Waals surface area contributed by atoms with Crippen LogP contribution in [-0.2, 0) is 11.2 Å². The molecule has 0 aliphatic carbocycles. The summed E-state index contributed by atoms with van der Waals surface area (Å²) in [4.78, 5) is 13.7. The van der Waals surface area contributed by atoms with E-state index in [1.807, 2.05) is 61.5 Å². The molecule has 0 saturated heterocycles. The Morgan fingerprint density at radius 2 is 2.05 bits per heavy atom. The fourth-order valence-electron chi connectivity index (χ4n) is 2.06. The zero-order chi connectivity index (χ0) is 15.1. The van der Waals surface area contributed by atoms with Gasteiger partial charge >= 0.3 is 0 Å². The first-order valence-electron chi connectivity index (χ1n) is 7.18. The third-order valence-electron chi connectivity index (χ3n) is 3.41. The van der Waals surface area contributed by atoms with Gasteiger partial charge < -0.3 is 10.2 Å². The monoisotopic (exact) mass is 322 g/mol. The van der Waals surface area contributed by atoms with Crippen LogP contribution >= 0.6 is 12.4 Å². The number of aryl methyl sites for hydroxylation is 1. The first-order valence-corrected chi connectivity index (χ1v) is 7.18. The van der Waals surface area contributed by atoms with E-state index >= 15 is 0 Å². The fraction of sp³-hybridized carbons (Fsp3) is 0.375. The highest BCUT2D eigenvalue weighted by atomic mass is 35.5. The van der Waals surface area contributed by atoms with E-state index in [-0.39, 0.29) is 18.3 Å². The average Bonchev–Trinajstić information content (AvgIpc) is 3.00. The minimum atomic E-state index is 0. The summed E-state index contributed by atoms with van der Waals surface area (Å²) in [5.74, 6) is 0.165. The molecule has 0 saturated carbocycles. The van der Waals surface area contributed by atoms with Gasteiger partial charge in [0.2, 0.25) is 5.91 Å². The Morgan fingerprint density at radius 3 is 2.73 bits per heavy atom. The number of para-hydroxylation sites is 1. The molecule has 0 fully saturated rings. The summed E-state index contributed by atoms with van der Waals surface area (Å²) in [5.41, 5.74) is 2.11. The number of carbonyl (C=O) groups excluding carboxylic acids is 1. The Labute approximate surface area is 137 Å². The van der Waals surface area contributed by atoms with Crippen molar-refractivity contribution in [1.82, 2.24) is 20.0 Å². The van der Waals surface area contributed by atoms with Crippen LogP contribution in [0, 0.1) is 0 Å². The highest BCUT2D eigenvalue weighted by Crippen LogP contribution is 2.09. The molecule has 0 aliphatic heterocycles. The second-order valence-corrected chi connectivity index (χ2v) is 5.05. The largest absolute Gasteiger partial charge is 0.344 e. The zero-order valence-electron chi connectivity index (χ0n) is 13.0. The average molecular weight is 323 g/mol. The van der Waals surface area contributed by atoms with Crippen molar-refractivity contribution in [3.63, 3.8) is 0 Å². The Kier molecular flexibility index (Phi) is 7.63. The van der Waals surface area contributed by atoms with Crippen LogP contribution in [0.5, 0.6) is 0 Å². The minimum Gasteiger partial charge on any atom is -0.344 e. The third kappa shape index (κ3) is 5.16. The molecule has 1 aromatic heterocycles. The normalized spacial score (nSPS) is 10.1. The summed E-state index contributed by atoms with van der Waals surface area (Å²) in [5, 5.41) is 7.38. The summed E-state index contributed by atoms with van der Waals surface area (Å²) in [6, 6.07) is 9.96. The lowest BCUT2D eigenvalue weighted by Crippen LogP contribution is -2.32. The first kappa shape index (κ1) is 18.2. The Balaban J connectivity index is 0.00000242. The second-order valence-electron chi connectivity index (χ2n) is 5.05. The van der Waals surface area contributed by atoms with E-state index in [0.717, 1.165) is 30.8 Å². The molecule has 0 spiro atoms. The van der Waals surface area contributed by atoms with Gasteiger partial charge in [0.25, 0.3) is 0 Å². The number of nitrogens with zero attached hydrogens (tertiary/aromatic N) is 3. The lowest BCUT2D eigenvalue weighted by Gasteiger charge is -2.16. The highest BCUT2D eigenvalue weighted by Gasteiger charge is 2.09. The van der Waals surface area contributed by atoms with Crippen molar-refractivity contribution in [2.45, 2.75) is 12.8 Å². The van der Waals surface area contributed by atoms with Gasteiger partial charge in [-0.3, -0.25) is 4.79 Å². The fourth-order valence-corrected chi connectivity index (χ4v) is 2.06. The van der Waals surface area contributed by atoms with Crippen molar-refractivity contribution >= 4 is 18.3 Å². The van der Waals surface area contributed by atoms with Crippen molar-refractivity contribution in [1.29, 1.82) is 0 Å². The van der Waals surface area contributed by atoms with Gasteiger partial charge in [0.1, 0.15) is 0 Å². The molecule has 0 aliphatic rings. The topological polar surface area (TPSA) is 50.2 Å². The molecular formula is C16H23ClN4O. The third-order valence-corrected chi connectivity index (χ3v) is 3.41. The number of hydrogen-bond donors (Lipinski definition) is 1. The molecule has 0 unspecified atom stereocenters. The SMILES string of the molecule is CNCCN(C)C(=O)CCc1cnn(-c2ccccc2)c1.Cl. The van der Waals surface area contributed by atoms with Crippen LogP contribution in [0.4, 0.5) is 0 Å². The van der Waals surface area contributed by atoms with Crippen LogP contribution in [0.25, 0.3) is 5.69 Å². The molecule has 120 valence electrons. The predicted octanol–water partition coefficient (Wildman–Crippen LogP) is 1.90. The summed E-state index contributed by atoms with van der Waals surface area (Å²) < 4.78 is 1.84. The van der Waals surface area contributed by atoms with E-state index in [1.54, 1.807) is 4.90 Å². The van der Waals surface area contributed by atoms with Gasteiger partial charge in [0.05, 0.1) is 11.9 Å². The van der Waals surface area contributed by atoms with E-state index in [9.17, 15) is 4.79 Å². The second kappa shape index (κ2) is 9.23. The minimum absolute atomic E-state index is 0. The summed E-state index contributed by atoms with van der Waals surface area (Å²) in [6.07, 6.45) is 5.04. The van der Waals surface area contributed by atoms with Crippen LogP contribution in [0.15, 0.2) is 42.7 Å². The molecule has 2 rings (SSSR count). The maximum absolute atomic E-state index is 12.0. The van der Waals surface area contributed by atoms with Crippen molar-refractivity contribution in [2.75, 3.05) is 27.2 Å². The summed E-state index contributed by atoms with van der Waals surface area (Å²) >= 11 is 0. The number of carbonyl (C=O) groups is 1. The molecule has 0 radical (unpaired) electrons. The number of halogens is 1. The molecule has 0 bridgehead atoms. The van der Waals surface area contributed by atoms with Gasteiger partial charge in [-0.05, 0) is 31.2 Å². The molecule has 2 aromatic rings. The quantitative estimate of drug-likeness (QED) is 0.847. The standard InChI is InChI=1S/C16H22N4O.ClH/c1-17-10-11-19(2)16(21)9-8-14-12-18-20(13-14)15-6-4-3-5-7-15;/h3-7,12-13,17H,8-11H2,1-2H3;1H. The molecule has 6 heteroatoms. The van der Waals surface area contributed by atoms with Crippen LogP contribution in [0.2, 0.25) is 0 Å². The Morgan fingerprint density at radius 1 is 1.32 bits per heavy atom. The molecule has 1 heterocycles. The van der Waals surface area contributed by atoms with Gasteiger partial charge in [-0.25, -0.2) is 4.68 Å². The van der Waals surface area contributed by atoms with Gasteiger partial charge in [0, 0.05) is 32.8 Å². The van der Waals surface area contributed by atoms with Gasteiger partial charge in [-0.15, -0.1) is 12.4 Å². The zero-order valence-corrected chi connectivity index (χ0v) is 13.8. The van der Waals surface area contributed by atoms with E-state index < -0.39 is 0 Å². The van der Waals surface area contributed by atoms with E-state index in [0.29, 0.717) is 6.42 Å². The van der Waals surface area contributed by atoms with Gasteiger partial charge in [-0.1, -0.05) is 18.2 Å². The predicted molar refractivity (Wildman–Crippen MR) is 90.7 cm³/mol. The number of aromatic nitrogens is 2. The molecule has 22 heavy (non-hydrogen) atoms. The summed E-state index contributed by atoms with van der Waals surface area (Å²) in [7, 11) is 3.73. The van der Waals surface area contributed by atoms with Crippen LogP contribution in [0.3, 0.4) is 0 Å². The van der Waals surface area contributed by atoms with Crippen LogP contribution in [-0.4, -0.2) is 47.8 Å². The van der Waals surface area contributed by atoms with Crippen LogP contribution < -0.4 is 5.32 Å². The number of benzene rings is 1. The van der Waals surface area contributed by atoms with Gasteiger partial charge in [0.15, 0.2) is 0 Å². The summed E-state index contributed by atoms with van der Waals surface area (Å²) in [6.45, 7) is 1.55. The highest BCUT2D eigenvalue weighted by molar-refractivity contribution is 5.85. The van der Waals surface area contributed by atoms with Gasteiger partial charge in [-0.2, -0.15) is 5.10 Å². The molecule has 1 amide bonds. The number of hydrogen-bond acceptors (Lipinski definition) is 3. The smallest absolute Gasteiger partial charge is 0.222 e. The number of rotatable bonds is 7. The number of nitrogens with one attached hydrogen (secondary N) is 1. The maximum atomic E-state index is 12.0. The lowest BCUT2D eigenvalue weighted by atomic mass is 10.2. The Bertz CT molecular complexity index is 571. The van der Waals surface area contributed by atoms with Crippen molar-refractivity contribution in [3.8, 4) is 5.69 Å². The molecule has 1 aromatic carbocycles. The van der Waals surface area contributed by atoms with E-state index in [1.165, 1.54) is 0 Å².